The van der Waals surface area contributed by atoms with Crippen LogP contribution in [-0.4, -0.2) is 68.3 Å². The van der Waals surface area contributed by atoms with Crippen LogP contribution in [0.1, 0.15) is 155 Å². The zero-order chi connectivity index (χ0) is 31.9. The number of unbranched alkanes of at least 4 members (excludes halogenated alkanes) is 15. The fourth-order valence-corrected chi connectivity index (χ4v) is 5.65. The van der Waals surface area contributed by atoms with E-state index in [4.69, 9.17) is 9.94 Å². The SMILES string of the molecule is CCCCCCCCCCCC(CCCCCCCCCCC(=O)O)(C(=O)O)C(=O)NCCC(=O)ON1C(O)CCC1O. The zero-order valence-corrected chi connectivity index (χ0v) is 26.4. The summed E-state index contributed by atoms with van der Waals surface area (Å²) in [5, 5.41) is 42.1. The van der Waals surface area contributed by atoms with Crippen LogP contribution in [0.15, 0.2) is 0 Å². The molecule has 1 fully saturated rings. The lowest BCUT2D eigenvalue weighted by atomic mass is 9.76. The molecule has 1 aliphatic heterocycles. The molecular formula is C32H58N2O9. The van der Waals surface area contributed by atoms with Crippen molar-refractivity contribution in [3.63, 3.8) is 0 Å². The van der Waals surface area contributed by atoms with Crippen molar-refractivity contribution in [2.45, 2.75) is 167 Å². The van der Waals surface area contributed by atoms with Crippen LogP contribution in [-0.2, 0) is 24.0 Å². The number of carboxylic acids is 2. The monoisotopic (exact) mass is 614 g/mol. The number of hydroxylamine groups is 2. The molecule has 11 heteroatoms. The number of carbonyl (C=O) groups is 4. The van der Waals surface area contributed by atoms with Gasteiger partial charge in [-0.2, -0.15) is 0 Å². The molecule has 1 rings (SSSR count). The summed E-state index contributed by atoms with van der Waals surface area (Å²) in [4.78, 5) is 53.8. The van der Waals surface area contributed by atoms with Gasteiger partial charge in [-0.15, -0.1) is 0 Å². The topological polar surface area (TPSA) is 174 Å². The molecule has 250 valence electrons. The first kappa shape index (κ1) is 38.8. The number of carbonyl (C=O) groups excluding carboxylic acids is 2. The molecule has 0 aromatic carbocycles. The molecule has 0 aromatic rings. The van der Waals surface area contributed by atoms with E-state index in [2.05, 4.69) is 12.2 Å². The fraction of sp³-hybridized carbons (Fsp3) is 0.875. The normalized spacial score (nSPS) is 18.3. The van der Waals surface area contributed by atoms with E-state index in [9.17, 15) is 34.5 Å². The Labute approximate surface area is 257 Å². The molecule has 1 heterocycles. The van der Waals surface area contributed by atoms with E-state index in [1.807, 2.05) is 0 Å². The molecule has 1 saturated heterocycles. The van der Waals surface area contributed by atoms with Crippen LogP contribution >= 0.6 is 0 Å². The summed E-state index contributed by atoms with van der Waals surface area (Å²) >= 11 is 0. The van der Waals surface area contributed by atoms with Gasteiger partial charge in [-0.3, -0.25) is 19.2 Å². The van der Waals surface area contributed by atoms with Crippen LogP contribution in [0.2, 0.25) is 0 Å². The van der Waals surface area contributed by atoms with E-state index in [0.29, 0.717) is 19.3 Å². The highest BCUT2D eigenvalue weighted by Crippen LogP contribution is 2.33. The van der Waals surface area contributed by atoms with Gasteiger partial charge in [0.25, 0.3) is 0 Å². The van der Waals surface area contributed by atoms with E-state index >= 15 is 0 Å². The summed E-state index contributed by atoms with van der Waals surface area (Å²) in [6.07, 6.45) is 15.4. The molecule has 3 atom stereocenters. The van der Waals surface area contributed by atoms with Crippen LogP contribution in [0.25, 0.3) is 0 Å². The molecule has 3 unspecified atom stereocenters. The smallest absolute Gasteiger partial charge is 0.327 e. The lowest BCUT2D eigenvalue weighted by molar-refractivity contribution is -0.261. The van der Waals surface area contributed by atoms with Crippen molar-refractivity contribution >= 4 is 23.8 Å². The van der Waals surface area contributed by atoms with Crippen molar-refractivity contribution in [2.75, 3.05) is 6.54 Å². The summed E-state index contributed by atoms with van der Waals surface area (Å²) in [6.45, 7) is 2.08. The molecule has 0 spiro atoms. The largest absolute Gasteiger partial charge is 0.481 e. The van der Waals surface area contributed by atoms with Gasteiger partial charge in [-0.25, -0.2) is 0 Å². The number of rotatable bonds is 27. The number of aliphatic hydroxyl groups excluding tert-OH is 2. The van der Waals surface area contributed by atoms with E-state index in [1.165, 1.54) is 32.1 Å². The van der Waals surface area contributed by atoms with Crippen molar-refractivity contribution in [3.8, 4) is 0 Å². The summed E-state index contributed by atoms with van der Waals surface area (Å²) in [6, 6.07) is 0. The predicted molar refractivity (Wildman–Crippen MR) is 163 cm³/mol. The third kappa shape index (κ3) is 16.4. The maximum atomic E-state index is 13.3. The number of nitrogens with one attached hydrogen (secondary N) is 1. The molecule has 5 N–H and O–H groups in total. The maximum absolute atomic E-state index is 13.3. The van der Waals surface area contributed by atoms with Crippen LogP contribution in [0.3, 0.4) is 0 Å². The van der Waals surface area contributed by atoms with Crippen LogP contribution in [0.4, 0.5) is 0 Å². The number of nitrogens with zero attached hydrogens (tertiary/aromatic N) is 1. The van der Waals surface area contributed by atoms with Gasteiger partial charge < -0.3 is 30.6 Å². The van der Waals surface area contributed by atoms with Gasteiger partial charge in [-0.1, -0.05) is 115 Å². The highest BCUT2D eigenvalue weighted by atomic mass is 16.7. The molecule has 0 radical (unpaired) electrons. The summed E-state index contributed by atoms with van der Waals surface area (Å²) in [7, 11) is 0. The first-order valence-electron chi connectivity index (χ1n) is 16.7. The van der Waals surface area contributed by atoms with Crippen molar-refractivity contribution < 1.29 is 44.4 Å². The van der Waals surface area contributed by atoms with Gasteiger partial charge in [-0.05, 0) is 32.1 Å². The summed E-state index contributed by atoms with van der Waals surface area (Å²) in [5.74, 6) is -3.24. The number of amides is 1. The van der Waals surface area contributed by atoms with E-state index in [-0.39, 0.29) is 45.1 Å². The zero-order valence-electron chi connectivity index (χ0n) is 26.4. The Hall–Kier alpha value is -2.24. The highest BCUT2D eigenvalue weighted by Gasteiger charge is 2.45. The van der Waals surface area contributed by atoms with E-state index < -0.39 is 41.7 Å². The van der Waals surface area contributed by atoms with Gasteiger partial charge in [0.2, 0.25) is 5.91 Å². The Morgan fingerprint density at radius 3 is 1.58 bits per heavy atom. The first-order valence-corrected chi connectivity index (χ1v) is 16.7. The second kappa shape index (κ2) is 23.2. The fourth-order valence-electron chi connectivity index (χ4n) is 5.65. The standard InChI is InChI=1S/C32H58N2O9/c1-2-3-4-5-6-8-11-14-17-23-32(31(41)42,24-18-15-12-9-7-10-13-16-19-28(37)38)30(40)33-25-22-29(39)43-34-26(35)20-21-27(34)36/h26-27,35-36H,2-25H2,1H3,(H,33,40)(H,37,38)(H,41,42). The van der Waals surface area contributed by atoms with E-state index in [0.717, 1.165) is 62.9 Å². The summed E-state index contributed by atoms with van der Waals surface area (Å²) in [5.41, 5.74) is -1.57. The lowest BCUT2D eigenvalue weighted by Gasteiger charge is -2.28. The second-order valence-electron chi connectivity index (χ2n) is 12.1. The van der Waals surface area contributed by atoms with Crippen LogP contribution < -0.4 is 5.32 Å². The Morgan fingerprint density at radius 2 is 1.14 bits per heavy atom. The molecule has 1 amide bonds. The minimum absolute atomic E-state index is 0.105. The number of aliphatic carboxylic acids is 2. The number of hydrogen-bond donors (Lipinski definition) is 5. The minimum atomic E-state index is -1.57. The molecular weight excluding hydrogens is 556 g/mol. The summed E-state index contributed by atoms with van der Waals surface area (Å²) < 4.78 is 0. The lowest BCUT2D eigenvalue weighted by Crippen LogP contribution is -2.47. The predicted octanol–water partition coefficient (Wildman–Crippen LogP) is 5.66. The van der Waals surface area contributed by atoms with Crippen molar-refractivity contribution in [2.24, 2.45) is 5.41 Å². The Balaban J connectivity index is 2.57. The van der Waals surface area contributed by atoms with Gasteiger partial charge in [0.05, 0.1) is 6.42 Å². The van der Waals surface area contributed by atoms with Gasteiger partial charge in [0, 0.05) is 13.0 Å². The first-order chi connectivity index (χ1) is 20.6. The Kier molecular flexibility index (Phi) is 20.9. The molecule has 0 bridgehead atoms. The van der Waals surface area contributed by atoms with E-state index in [1.54, 1.807) is 0 Å². The van der Waals surface area contributed by atoms with Crippen molar-refractivity contribution in [1.82, 2.24) is 10.4 Å². The Morgan fingerprint density at radius 1 is 0.698 bits per heavy atom. The molecule has 1 aliphatic rings. The van der Waals surface area contributed by atoms with Gasteiger partial charge >= 0.3 is 17.9 Å². The van der Waals surface area contributed by atoms with Gasteiger partial charge in [0.15, 0.2) is 0 Å². The van der Waals surface area contributed by atoms with Crippen molar-refractivity contribution in [1.29, 1.82) is 0 Å². The van der Waals surface area contributed by atoms with Gasteiger partial charge in [0.1, 0.15) is 17.9 Å². The average Bonchev–Trinajstić information content (AvgIpc) is 3.27. The molecule has 0 aliphatic carbocycles. The van der Waals surface area contributed by atoms with Crippen LogP contribution in [0, 0.1) is 5.41 Å². The molecule has 43 heavy (non-hydrogen) atoms. The minimum Gasteiger partial charge on any atom is -0.481 e. The highest BCUT2D eigenvalue weighted by molar-refractivity contribution is 6.02. The van der Waals surface area contributed by atoms with Crippen molar-refractivity contribution in [3.05, 3.63) is 0 Å². The number of carboxylic acid groups (broad SMARTS) is 2. The van der Waals surface area contributed by atoms with Crippen LogP contribution in [0.5, 0.6) is 0 Å². The Bertz CT molecular complexity index is 800. The third-order valence-electron chi connectivity index (χ3n) is 8.39. The second-order valence-corrected chi connectivity index (χ2v) is 12.1. The quantitative estimate of drug-likeness (QED) is 0.0574. The molecule has 0 aromatic heterocycles. The maximum Gasteiger partial charge on any atom is 0.327 e. The number of aliphatic hydroxyl groups is 2. The number of hydrogen-bond acceptors (Lipinski definition) is 8. The molecule has 11 nitrogen and oxygen atoms in total. The average molecular weight is 615 g/mol. The molecule has 0 saturated carbocycles. The third-order valence-corrected chi connectivity index (χ3v) is 8.39.